The van der Waals surface area contributed by atoms with Crippen LogP contribution in [0.1, 0.15) is 46.0 Å². The predicted molar refractivity (Wildman–Crippen MR) is 56.1 cm³/mol. The molecule has 1 aliphatic rings. The quantitative estimate of drug-likeness (QED) is 0.702. The topological polar surface area (TPSA) is 38.3 Å². The standard InChI is InChI=1S/C11H21NO2/c1-9(2)12-8-11(13)14-10-6-4-3-5-7-10/h9-10,12H,3-8H2,1-2H3. The first kappa shape index (κ1) is 11.5. The Bertz CT molecular complexity index is 174. The molecule has 0 aromatic heterocycles. The van der Waals surface area contributed by atoms with Gasteiger partial charge in [0, 0.05) is 6.04 Å². The molecule has 1 rings (SSSR count). The Morgan fingerprint density at radius 2 is 2.00 bits per heavy atom. The van der Waals surface area contributed by atoms with Crippen LogP contribution in [0.15, 0.2) is 0 Å². The summed E-state index contributed by atoms with van der Waals surface area (Å²) in [6, 6.07) is 0.342. The lowest BCUT2D eigenvalue weighted by Gasteiger charge is -2.22. The van der Waals surface area contributed by atoms with E-state index in [0.29, 0.717) is 12.6 Å². The molecule has 0 amide bonds. The van der Waals surface area contributed by atoms with Gasteiger partial charge in [-0.1, -0.05) is 20.3 Å². The summed E-state index contributed by atoms with van der Waals surface area (Å²) in [5, 5.41) is 3.06. The maximum atomic E-state index is 11.3. The van der Waals surface area contributed by atoms with Crippen molar-refractivity contribution < 1.29 is 9.53 Å². The number of hydrogen-bond acceptors (Lipinski definition) is 3. The average Bonchev–Trinajstić information content (AvgIpc) is 2.16. The molecule has 0 atom stereocenters. The van der Waals surface area contributed by atoms with Crippen molar-refractivity contribution in [3.05, 3.63) is 0 Å². The lowest BCUT2D eigenvalue weighted by molar-refractivity contribution is -0.149. The second-order valence-electron chi connectivity index (χ2n) is 4.29. The van der Waals surface area contributed by atoms with Crippen LogP contribution in [0.4, 0.5) is 0 Å². The number of esters is 1. The molecular formula is C11H21NO2. The molecule has 1 aliphatic carbocycles. The fourth-order valence-corrected chi connectivity index (χ4v) is 1.70. The highest BCUT2D eigenvalue weighted by Crippen LogP contribution is 2.20. The first-order valence-corrected chi connectivity index (χ1v) is 5.61. The van der Waals surface area contributed by atoms with Gasteiger partial charge in [-0.2, -0.15) is 0 Å². The van der Waals surface area contributed by atoms with Gasteiger partial charge in [0.2, 0.25) is 0 Å². The first-order valence-electron chi connectivity index (χ1n) is 5.61. The number of rotatable bonds is 4. The van der Waals surface area contributed by atoms with Gasteiger partial charge in [-0.15, -0.1) is 0 Å². The van der Waals surface area contributed by atoms with Crippen LogP contribution in [0, 0.1) is 0 Å². The third kappa shape index (κ3) is 4.61. The summed E-state index contributed by atoms with van der Waals surface area (Å²) >= 11 is 0. The van der Waals surface area contributed by atoms with Crippen LogP contribution < -0.4 is 5.32 Å². The predicted octanol–water partition coefficient (Wildman–Crippen LogP) is 1.86. The lowest BCUT2D eigenvalue weighted by Crippen LogP contribution is -2.32. The molecule has 0 aromatic carbocycles. The summed E-state index contributed by atoms with van der Waals surface area (Å²) in [7, 11) is 0. The molecule has 0 unspecified atom stereocenters. The van der Waals surface area contributed by atoms with E-state index >= 15 is 0 Å². The maximum Gasteiger partial charge on any atom is 0.320 e. The van der Waals surface area contributed by atoms with E-state index in [1.807, 2.05) is 13.8 Å². The molecule has 3 nitrogen and oxygen atoms in total. The van der Waals surface area contributed by atoms with Crippen molar-refractivity contribution in [2.45, 2.75) is 58.1 Å². The van der Waals surface area contributed by atoms with E-state index in [-0.39, 0.29) is 12.1 Å². The number of carbonyl (C=O) groups excluding carboxylic acids is 1. The van der Waals surface area contributed by atoms with Gasteiger partial charge in [-0.05, 0) is 25.7 Å². The highest BCUT2D eigenvalue weighted by molar-refractivity contribution is 5.71. The van der Waals surface area contributed by atoms with Crippen molar-refractivity contribution in [1.82, 2.24) is 5.32 Å². The fourth-order valence-electron chi connectivity index (χ4n) is 1.70. The molecule has 82 valence electrons. The molecule has 3 heteroatoms. The van der Waals surface area contributed by atoms with Gasteiger partial charge in [0.15, 0.2) is 0 Å². The Hall–Kier alpha value is -0.570. The Labute approximate surface area is 86.2 Å². The summed E-state index contributed by atoms with van der Waals surface area (Å²) in [5.41, 5.74) is 0. The molecule has 1 N–H and O–H groups in total. The molecule has 0 radical (unpaired) electrons. The highest BCUT2D eigenvalue weighted by atomic mass is 16.5. The van der Waals surface area contributed by atoms with Crippen molar-refractivity contribution in [3.8, 4) is 0 Å². The van der Waals surface area contributed by atoms with Gasteiger partial charge < -0.3 is 10.1 Å². The maximum absolute atomic E-state index is 11.3. The number of nitrogens with one attached hydrogen (secondary N) is 1. The van der Waals surface area contributed by atoms with Gasteiger partial charge in [-0.25, -0.2) is 0 Å². The van der Waals surface area contributed by atoms with Gasteiger partial charge in [0.25, 0.3) is 0 Å². The molecular weight excluding hydrogens is 178 g/mol. The van der Waals surface area contributed by atoms with Crippen LogP contribution in [0.3, 0.4) is 0 Å². The first-order chi connectivity index (χ1) is 6.68. The van der Waals surface area contributed by atoms with Crippen LogP contribution in [0.5, 0.6) is 0 Å². The molecule has 1 fully saturated rings. The Morgan fingerprint density at radius 3 is 2.57 bits per heavy atom. The molecule has 0 spiro atoms. The van der Waals surface area contributed by atoms with E-state index in [2.05, 4.69) is 5.32 Å². The summed E-state index contributed by atoms with van der Waals surface area (Å²) < 4.78 is 5.34. The third-order valence-electron chi connectivity index (χ3n) is 2.50. The Balaban J connectivity index is 2.12. The zero-order valence-corrected chi connectivity index (χ0v) is 9.21. The van der Waals surface area contributed by atoms with E-state index in [9.17, 15) is 4.79 Å². The summed E-state index contributed by atoms with van der Waals surface area (Å²) in [6.45, 7) is 4.38. The van der Waals surface area contributed by atoms with Crippen molar-refractivity contribution in [3.63, 3.8) is 0 Å². The van der Waals surface area contributed by atoms with Gasteiger partial charge >= 0.3 is 5.97 Å². The van der Waals surface area contributed by atoms with Crippen molar-refractivity contribution >= 4 is 5.97 Å². The second-order valence-corrected chi connectivity index (χ2v) is 4.29. The van der Waals surface area contributed by atoms with Gasteiger partial charge in [0.05, 0.1) is 6.54 Å². The summed E-state index contributed by atoms with van der Waals surface area (Å²) in [4.78, 5) is 11.3. The number of carbonyl (C=O) groups is 1. The monoisotopic (exact) mass is 199 g/mol. The minimum Gasteiger partial charge on any atom is -0.461 e. The Kier molecular flexibility index (Phi) is 4.94. The van der Waals surface area contributed by atoms with Crippen LogP contribution in [-0.4, -0.2) is 24.7 Å². The lowest BCUT2D eigenvalue weighted by atomic mass is 9.98. The molecule has 1 saturated carbocycles. The van der Waals surface area contributed by atoms with E-state index in [0.717, 1.165) is 12.8 Å². The number of hydrogen-bond donors (Lipinski definition) is 1. The molecule has 0 heterocycles. The van der Waals surface area contributed by atoms with E-state index in [1.54, 1.807) is 0 Å². The molecule has 0 aromatic rings. The van der Waals surface area contributed by atoms with Crippen LogP contribution in [0.25, 0.3) is 0 Å². The van der Waals surface area contributed by atoms with Crippen LogP contribution in [-0.2, 0) is 9.53 Å². The van der Waals surface area contributed by atoms with E-state index in [1.165, 1.54) is 19.3 Å². The van der Waals surface area contributed by atoms with Gasteiger partial charge in [-0.3, -0.25) is 4.79 Å². The zero-order chi connectivity index (χ0) is 10.4. The van der Waals surface area contributed by atoms with Crippen molar-refractivity contribution in [2.24, 2.45) is 0 Å². The fraction of sp³-hybridized carbons (Fsp3) is 0.909. The van der Waals surface area contributed by atoms with Gasteiger partial charge in [0.1, 0.15) is 6.10 Å². The molecule has 0 saturated heterocycles. The highest BCUT2D eigenvalue weighted by Gasteiger charge is 2.17. The zero-order valence-electron chi connectivity index (χ0n) is 9.21. The molecule has 14 heavy (non-hydrogen) atoms. The molecule has 0 bridgehead atoms. The van der Waals surface area contributed by atoms with Crippen molar-refractivity contribution in [1.29, 1.82) is 0 Å². The SMILES string of the molecule is CC(C)NCC(=O)OC1CCCCC1. The van der Waals surface area contributed by atoms with Crippen LogP contribution >= 0.6 is 0 Å². The summed E-state index contributed by atoms with van der Waals surface area (Å²) in [6.07, 6.45) is 5.98. The third-order valence-corrected chi connectivity index (χ3v) is 2.50. The molecule has 0 aliphatic heterocycles. The summed E-state index contributed by atoms with van der Waals surface area (Å²) in [5.74, 6) is -0.106. The smallest absolute Gasteiger partial charge is 0.320 e. The van der Waals surface area contributed by atoms with E-state index in [4.69, 9.17) is 4.74 Å². The Morgan fingerprint density at radius 1 is 1.36 bits per heavy atom. The normalized spacial score (nSPS) is 18.5. The van der Waals surface area contributed by atoms with Crippen molar-refractivity contribution in [2.75, 3.05) is 6.54 Å². The minimum atomic E-state index is -0.106. The largest absolute Gasteiger partial charge is 0.461 e. The van der Waals surface area contributed by atoms with E-state index < -0.39 is 0 Å². The number of ether oxygens (including phenoxy) is 1. The average molecular weight is 199 g/mol. The second kappa shape index (κ2) is 6.02. The van der Waals surface area contributed by atoms with Crippen LogP contribution in [0.2, 0.25) is 0 Å². The minimum absolute atomic E-state index is 0.106.